The van der Waals surface area contributed by atoms with Crippen LogP contribution in [0.1, 0.15) is 5.56 Å². The quantitative estimate of drug-likeness (QED) is 0.701. The van der Waals surface area contributed by atoms with Crippen LogP contribution in [-0.2, 0) is 0 Å². The van der Waals surface area contributed by atoms with E-state index in [0.29, 0.717) is 11.3 Å². The molecule has 0 aliphatic heterocycles. The summed E-state index contributed by atoms with van der Waals surface area (Å²) < 4.78 is 2.63. The van der Waals surface area contributed by atoms with Crippen molar-refractivity contribution in [3.05, 3.63) is 52.6 Å². The van der Waals surface area contributed by atoms with E-state index in [1.807, 2.05) is 30.3 Å². The smallest absolute Gasteiger partial charge is 0.101 e. The van der Waals surface area contributed by atoms with Crippen LogP contribution in [0.5, 0.6) is 0 Å². The van der Waals surface area contributed by atoms with Crippen molar-refractivity contribution in [2.24, 2.45) is 0 Å². The molecule has 2 N–H and O–H groups in total. The highest BCUT2D eigenvalue weighted by Gasteiger charge is 2.10. The number of hydrogen-bond donors (Lipinski definition) is 1. The molecule has 92 valence electrons. The van der Waals surface area contributed by atoms with Crippen LogP contribution in [0.25, 0.3) is 16.6 Å². The van der Waals surface area contributed by atoms with Gasteiger partial charge in [-0.05, 0) is 36.4 Å². The van der Waals surface area contributed by atoms with Gasteiger partial charge >= 0.3 is 0 Å². The van der Waals surface area contributed by atoms with Crippen molar-refractivity contribution in [2.45, 2.75) is 0 Å². The third kappa shape index (κ3) is 1.96. The van der Waals surface area contributed by atoms with Crippen molar-refractivity contribution in [2.75, 3.05) is 5.73 Å². The van der Waals surface area contributed by atoms with Crippen molar-refractivity contribution in [3.63, 3.8) is 0 Å². The molecule has 3 rings (SSSR count). The molecule has 0 radical (unpaired) electrons. The van der Waals surface area contributed by atoms with Crippen molar-refractivity contribution >= 4 is 32.5 Å². The Hall–Kier alpha value is -2.32. The SMILES string of the molecule is N#Cc1ccc(Br)cc1-n1ncc2ccc(N)cc21. The maximum atomic E-state index is 9.20. The number of halogens is 1. The number of fused-ring (bicyclic) bond motifs is 1. The summed E-state index contributed by atoms with van der Waals surface area (Å²) in [7, 11) is 0. The molecule has 3 aromatic rings. The van der Waals surface area contributed by atoms with Gasteiger partial charge in [0.05, 0.1) is 23.0 Å². The Morgan fingerprint density at radius 1 is 1.21 bits per heavy atom. The first-order valence-electron chi connectivity index (χ1n) is 5.62. The fourth-order valence-corrected chi connectivity index (χ4v) is 2.35. The minimum absolute atomic E-state index is 0.565. The molecule has 2 aromatic carbocycles. The van der Waals surface area contributed by atoms with E-state index in [1.54, 1.807) is 16.9 Å². The van der Waals surface area contributed by atoms with Gasteiger partial charge in [-0.2, -0.15) is 10.4 Å². The molecule has 19 heavy (non-hydrogen) atoms. The zero-order chi connectivity index (χ0) is 13.4. The predicted molar refractivity (Wildman–Crippen MR) is 77.9 cm³/mol. The predicted octanol–water partition coefficient (Wildman–Crippen LogP) is 3.24. The molecule has 4 nitrogen and oxygen atoms in total. The molecule has 0 saturated carbocycles. The van der Waals surface area contributed by atoms with Crippen molar-refractivity contribution in [1.29, 1.82) is 5.26 Å². The highest BCUT2D eigenvalue weighted by Crippen LogP contribution is 2.25. The number of rotatable bonds is 1. The lowest BCUT2D eigenvalue weighted by atomic mass is 10.2. The van der Waals surface area contributed by atoms with E-state index in [9.17, 15) is 5.26 Å². The standard InChI is InChI=1S/C14H9BrN4/c15-11-3-1-9(7-16)13(5-11)19-14-6-12(17)4-2-10(14)8-18-19/h1-6,8H,17H2. The molecule has 0 unspecified atom stereocenters. The summed E-state index contributed by atoms with van der Waals surface area (Å²) in [5.74, 6) is 0. The first kappa shape index (κ1) is 11.8. The summed E-state index contributed by atoms with van der Waals surface area (Å²) in [6.45, 7) is 0. The van der Waals surface area contributed by atoms with Gasteiger partial charge in [-0.15, -0.1) is 0 Å². The monoisotopic (exact) mass is 312 g/mol. The number of hydrogen-bond acceptors (Lipinski definition) is 3. The summed E-state index contributed by atoms with van der Waals surface area (Å²) >= 11 is 3.41. The molecule has 0 aliphatic rings. The Kier molecular flexibility index (Phi) is 2.73. The van der Waals surface area contributed by atoms with Gasteiger partial charge in [0, 0.05) is 15.5 Å². The van der Waals surface area contributed by atoms with E-state index in [0.717, 1.165) is 21.1 Å². The molecule has 1 heterocycles. The molecule has 0 spiro atoms. The molecule has 0 atom stereocenters. The summed E-state index contributed by atoms with van der Waals surface area (Å²) in [6.07, 6.45) is 1.76. The molecular formula is C14H9BrN4. The summed E-state index contributed by atoms with van der Waals surface area (Å²) in [4.78, 5) is 0. The van der Waals surface area contributed by atoms with E-state index in [4.69, 9.17) is 5.73 Å². The average Bonchev–Trinajstić information content (AvgIpc) is 2.81. The topological polar surface area (TPSA) is 67.6 Å². The zero-order valence-electron chi connectivity index (χ0n) is 9.84. The number of anilines is 1. The van der Waals surface area contributed by atoms with E-state index in [-0.39, 0.29) is 0 Å². The van der Waals surface area contributed by atoms with Gasteiger partial charge in [0.2, 0.25) is 0 Å². The Bertz CT molecular complexity index is 814. The van der Waals surface area contributed by atoms with Crippen LogP contribution in [0, 0.1) is 11.3 Å². The first-order valence-corrected chi connectivity index (χ1v) is 6.41. The van der Waals surface area contributed by atoms with Crippen LogP contribution in [0.4, 0.5) is 5.69 Å². The van der Waals surface area contributed by atoms with Crippen LogP contribution < -0.4 is 5.73 Å². The molecule has 0 fully saturated rings. The number of nitrogens with zero attached hydrogens (tertiary/aromatic N) is 3. The minimum Gasteiger partial charge on any atom is -0.399 e. The van der Waals surface area contributed by atoms with Gasteiger partial charge in [-0.3, -0.25) is 0 Å². The van der Waals surface area contributed by atoms with E-state index in [2.05, 4.69) is 27.1 Å². The second-order valence-electron chi connectivity index (χ2n) is 4.15. The lowest BCUT2D eigenvalue weighted by Crippen LogP contribution is -1.99. The molecule has 0 aliphatic carbocycles. The lowest BCUT2D eigenvalue weighted by Gasteiger charge is -2.07. The number of benzene rings is 2. The average molecular weight is 313 g/mol. The third-order valence-electron chi connectivity index (χ3n) is 2.90. The highest BCUT2D eigenvalue weighted by atomic mass is 79.9. The van der Waals surface area contributed by atoms with Gasteiger partial charge in [0.15, 0.2) is 0 Å². The van der Waals surface area contributed by atoms with Crippen LogP contribution >= 0.6 is 15.9 Å². The third-order valence-corrected chi connectivity index (χ3v) is 3.40. The molecular weight excluding hydrogens is 304 g/mol. The summed E-state index contributed by atoms with van der Waals surface area (Å²) in [5, 5.41) is 14.5. The second kappa shape index (κ2) is 4.41. The van der Waals surface area contributed by atoms with Crippen molar-refractivity contribution in [3.8, 4) is 11.8 Å². The van der Waals surface area contributed by atoms with Crippen molar-refractivity contribution < 1.29 is 0 Å². The molecule has 5 heteroatoms. The highest BCUT2D eigenvalue weighted by molar-refractivity contribution is 9.10. The lowest BCUT2D eigenvalue weighted by molar-refractivity contribution is 0.906. The molecule has 0 amide bonds. The van der Waals surface area contributed by atoms with Gasteiger partial charge in [0.1, 0.15) is 6.07 Å². The Morgan fingerprint density at radius 2 is 2.05 bits per heavy atom. The van der Waals surface area contributed by atoms with Crippen LogP contribution in [-0.4, -0.2) is 9.78 Å². The fourth-order valence-electron chi connectivity index (χ4n) is 2.00. The maximum Gasteiger partial charge on any atom is 0.101 e. The van der Waals surface area contributed by atoms with E-state index < -0.39 is 0 Å². The zero-order valence-corrected chi connectivity index (χ0v) is 11.4. The summed E-state index contributed by atoms with van der Waals surface area (Å²) in [5.41, 5.74) is 8.67. The van der Waals surface area contributed by atoms with E-state index in [1.165, 1.54) is 0 Å². The number of nitriles is 1. The van der Waals surface area contributed by atoms with E-state index >= 15 is 0 Å². The number of nitrogens with two attached hydrogens (primary N) is 1. The Labute approximate surface area is 118 Å². The Morgan fingerprint density at radius 3 is 2.84 bits per heavy atom. The van der Waals surface area contributed by atoms with Gasteiger partial charge in [-0.1, -0.05) is 15.9 Å². The minimum atomic E-state index is 0.565. The van der Waals surface area contributed by atoms with Crippen LogP contribution in [0.2, 0.25) is 0 Å². The largest absolute Gasteiger partial charge is 0.399 e. The number of aromatic nitrogens is 2. The van der Waals surface area contributed by atoms with Crippen molar-refractivity contribution in [1.82, 2.24) is 9.78 Å². The summed E-state index contributed by atoms with van der Waals surface area (Å²) in [6, 6.07) is 13.2. The number of nitrogen functional groups attached to an aromatic ring is 1. The molecule has 0 saturated heterocycles. The van der Waals surface area contributed by atoms with Crippen LogP contribution in [0.3, 0.4) is 0 Å². The molecule has 0 bridgehead atoms. The van der Waals surface area contributed by atoms with Gasteiger partial charge in [-0.25, -0.2) is 4.68 Å². The van der Waals surface area contributed by atoms with Gasteiger partial charge < -0.3 is 5.73 Å². The maximum absolute atomic E-state index is 9.20. The van der Waals surface area contributed by atoms with Gasteiger partial charge in [0.25, 0.3) is 0 Å². The second-order valence-corrected chi connectivity index (χ2v) is 5.06. The fraction of sp³-hybridized carbons (Fsp3) is 0. The molecule has 1 aromatic heterocycles. The normalized spacial score (nSPS) is 10.5. The Balaban J connectivity index is 2.33. The van der Waals surface area contributed by atoms with Crippen LogP contribution in [0.15, 0.2) is 47.1 Å². The first-order chi connectivity index (χ1) is 9.19.